The highest BCUT2D eigenvalue weighted by molar-refractivity contribution is 6.33. The van der Waals surface area contributed by atoms with Crippen molar-refractivity contribution in [2.75, 3.05) is 26.2 Å². The molecular weight excluding hydrogens is 427 g/mol. The van der Waals surface area contributed by atoms with Crippen LogP contribution in [-0.2, 0) is 11.3 Å². The summed E-state index contributed by atoms with van der Waals surface area (Å²) in [6.07, 6.45) is 1.72. The van der Waals surface area contributed by atoms with Crippen molar-refractivity contribution < 1.29 is 18.9 Å². The Bertz CT molecular complexity index is 1190. The number of carbonyl (C=O) groups is 2. The molecule has 1 aliphatic heterocycles. The Balaban J connectivity index is 1.39. The van der Waals surface area contributed by atoms with Crippen LogP contribution in [0.3, 0.4) is 0 Å². The van der Waals surface area contributed by atoms with Crippen molar-refractivity contribution in [2.24, 2.45) is 0 Å². The summed E-state index contributed by atoms with van der Waals surface area (Å²) in [6, 6.07) is 9.90. The van der Waals surface area contributed by atoms with E-state index in [9.17, 15) is 24.1 Å². The van der Waals surface area contributed by atoms with Crippen LogP contribution in [0.2, 0.25) is 5.02 Å². The van der Waals surface area contributed by atoms with Gasteiger partial charge in [-0.3, -0.25) is 19.7 Å². The average Bonchev–Trinajstić information content (AvgIpc) is 3.15. The third kappa shape index (κ3) is 4.22. The number of nitro benzene ring substituents is 1. The van der Waals surface area contributed by atoms with Crippen molar-refractivity contribution in [2.45, 2.75) is 6.54 Å². The number of non-ortho nitro benzene ring substituents is 1. The van der Waals surface area contributed by atoms with Crippen LogP contribution >= 0.6 is 11.6 Å². The second-order valence-electron chi connectivity index (χ2n) is 7.24. The second kappa shape index (κ2) is 8.35. The van der Waals surface area contributed by atoms with Gasteiger partial charge in [-0.05, 0) is 30.3 Å². The number of aromatic nitrogens is 1. The summed E-state index contributed by atoms with van der Waals surface area (Å²) >= 11 is 5.98. The molecule has 0 unspecified atom stereocenters. The van der Waals surface area contributed by atoms with E-state index in [4.69, 9.17) is 11.6 Å². The normalized spacial score (nSPS) is 14.1. The lowest BCUT2D eigenvalue weighted by molar-refractivity contribution is -0.384. The number of fused-ring (bicyclic) bond motifs is 1. The summed E-state index contributed by atoms with van der Waals surface area (Å²) in [5, 5.41) is 11.7. The zero-order chi connectivity index (χ0) is 22.1. The molecule has 0 aliphatic carbocycles. The van der Waals surface area contributed by atoms with E-state index in [-0.39, 0.29) is 34.6 Å². The highest BCUT2D eigenvalue weighted by Gasteiger charge is 2.26. The lowest BCUT2D eigenvalue weighted by Gasteiger charge is -2.35. The molecule has 1 aliphatic rings. The van der Waals surface area contributed by atoms with Crippen molar-refractivity contribution in [3.8, 4) is 0 Å². The van der Waals surface area contributed by atoms with Crippen molar-refractivity contribution in [1.29, 1.82) is 0 Å². The number of benzene rings is 2. The molecule has 0 radical (unpaired) electrons. The van der Waals surface area contributed by atoms with E-state index in [1.807, 2.05) is 0 Å². The van der Waals surface area contributed by atoms with Crippen LogP contribution in [0.1, 0.15) is 10.4 Å². The predicted molar refractivity (Wildman–Crippen MR) is 112 cm³/mol. The van der Waals surface area contributed by atoms with E-state index in [1.54, 1.807) is 32.7 Å². The Labute approximate surface area is 181 Å². The largest absolute Gasteiger partial charge is 0.338 e. The molecule has 0 bridgehead atoms. The fraction of sp³-hybridized carbons (Fsp3) is 0.238. The summed E-state index contributed by atoms with van der Waals surface area (Å²) in [7, 11) is 0. The van der Waals surface area contributed by atoms with Gasteiger partial charge in [-0.15, -0.1) is 0 Å². The molecule has 10 heteroatoms. The molecule has 1 aromatic heterocycles. The van der Waals surface area contributed by atoms with Crippen LogP contribution in [0.5, 0.6) is 0 Å². The van der Waals surface area contributed by atoms with Crippen LogP contribution in [0, 0.1) is 15.9 Å². The third-order valence-electron chi connectivity index (χ3n) is 5.35. The maximum atomic E-state index is 13.2. The lowest BCUT2D eigenvalue weighted by Crippen LogP contribution is -2.51. The van der Waals surface area contributed by atoms with Crippen molar-refractivity contribution >= 4 is 40.0 Å². The van der Waals surface area contributed by atoms with Gasteiger partial charge in [0.05, 0.1) is 15.5 Å². The Kier molecular flexibility index (Phi) is 5.60. The lowest BCUT2D eigenvalue weighted by atomic mass is 10.1. The summed E-state index contributed by atoms with van der Waals surface area (Å²) < 4.78 is 15.0. The first-order valence-corrected chi connectivity index (χ1v) is 9.96. The highest BCUT2D eigenvalue weighted by atomic mass is 35.5. The molecule has 1 saturated heterocycles. The molecule has 0 N–H and O–H groups in total. The van der Waals surface area contributed by atoms with E-state index < -0.39 is 10.7 Å². The third-order valence-corrected chi connectivity index (χ3v) is 5.66. The topological polar surface area (TPSA) is 88.7 Å². The van der Waals surface area contributed by atoms with Crippen molar-refractivity contribution in [1.82, 2.24) is 14.4 Å². The fourth-order valence-corrected chi connectivity index (χ4v) is 3.92. The number of halogens is 2. The molecule has 1 fully saturated rings. The van der Waals surface area contributed by atoms with Crippen LogP contribution in [0.25, 0.3) is 10.9 Å². The molecule has 3 aromatic rings. The zero-order valence-corrected chi connectivity index (χ0v) is 17.1. The minimum Gasteiger partial charge on any atom is -0.338 e. The Morgan fingerprint density at radius 1 is 1.03 bits per heavy atom. The Morgan fingerprint density at radius 3 is 2.42 bits per heavy atom. The number of carbonyl (C=O) groups excluding carboxylic acids is 2. The molecule has 0 spiro atoms. The maximum Gasteiger partial charge on any atom is 0.270 e. The number of amides is 2. The number of piperazine rings is 1. The van der Waals surface area contributed by atoms with Crippen molar-refractivity contribution in [3.63, 3.8) is 0 Å². The average molecular weight is 445 g/mol. The van der Waals surface area contributed by atoms with Gasteiger partial charge >= 0.3 is 0 Å². The molecule has 8 nitrogen and oxygen atoms in total. The number of rotatable bonds is 4. The standard InChI is InChI=1S/C21H18ClFN4O4/c22-18-12-15(23)1-3-17(18)21(29)25-9-7-24(8-10-25)20(28)13-26-6-5-14-11-16(27(30)31)2-4-19(14)26/h1-6,11-12H,7-10,13H2. The van der Waals surface area contributed by atoms with Gasteiger partial charge in [0, 0.05) is 55.4 Å². The molecule has 0 saturated carbocycles. The SMILES string of the molecule is O=C(Cn1ccc2cc([N+](=O)[O-])ccc21)N1CCN(C(=O)c2ccc(F)cc2Cl)CC1. The number of hydrogen-bond donors (Lipinski definition) is 0. The van der Waals surface area contributed by atoms with Crippen LogP contribution in [0.4, 0.5) is 10.1 Å². The molecule has 4 rings (SSSR count). The predicted octanol–water partition coefficient (Wildman–Crippen LogP) is 3.33. The van der Waals surface area contributed by atoms with E-state index >= 15 is 0 Å². The van der Waals surface area contributed by atoms with Crippen molar-refractivity contribution in [3.05, 3.63) is 75.2 Å². The molecule has 2 amide bonds. The number of nitro groups is 1. The second-order valence-corrected chi connectivity index (χ2v) is 7.65. The summed E-state index contributed by atoms with van der Waals surface area (Å²) in [4.78, 5) is 39.1. The maximum absolute atomic E-state index is 13.2. The summed E-state index contributed by atoms with van der Waals surface area (Å²) in [6.45, 7) is 1.52. The molecule has 31 heavy (non-hydrogen) atoms. The minimum absolute atomic E-state index is 0.00127. The summed E-state index contributed by atoms with van der Waals surface area (Å²) in [5.41, 5.74) is 0.966. The van der Waals surface area contributed by atoms with E-state index in [0.717, 1.165) is 11.6 Å². The highest BCUT2D eigenvalue weighted by Crippen LogP contribution is 2.23. The summed E-state index contributed by atoms with van der Waals surface area (Å²) in [5.74, 6) is -0.915. The molecule has 160 valence electrons. The van der Waals surface area contributed by atoms with E-state index in [0.29, 0.717) is 31.6 Å². The van der Waals surface area contributed by atoms with Crippen LogP contribution < -0.4 is 0 Å². The molecule has 2 aromatic carbocycles. The molecular formula is C21H18ClFN4O4. The first-order valence-electron chi connectivity index (χ1n) is 9.59. The smallest absolute Gasteiger partial charge is 0.270 e. The van der Waals surface area contributed by atoms with Crippen LogP contribution in [-0.4, -0.2) is 57.3 Å². The van der Waals surface area contributed by atoms with Gasteiger partial charge in [0.2, 0.25) is 5.91 Å². The van der Waals surface area contributed by atoms with Gasteiger partial charge in [0.15, 0.2) is 0 Å². The monoisotopic (exact) mass is 444 g/mol. The van der Waals surface area contributed by atoms with Gasteiger partial charge in [0.1, 0.15) is 12.4 Å². The number of nitrogens with zero attached hydrogens (tertiary/aromatic N) is 4. The molecule has 2 heterocycles. The quantitative estimate of drug-likeness (QED) is 0.456. The van der Waals surface area contributed by atoms with Gasteiger partial charge in [-0.2, -0.15) is 0 Å². The first-order chi connectivity index (χ1) is 14.8. The fourth-order valence-electron chi connectivity index (χ4n) is 3.68. The van der Waals surface area contributed by atoms with Crippen LogP contribution in [0.15, 0.2) is 48.7 Å². The first kappa shape index (κ1) is 20.8. The Hall–Kier alpha value is -3.46. The zero-order valence-electron chi connectivity index (χ0n) is 16.3. The van der Waals surface area contributed by atoms with Gasteiger partial charge in [-0.1, -0.05) is 11.6 Å². The minimum atomic E-state index is -0.510. The van der Waals surface area contributed by atoms with Gasteiger partial charge in [0.25, 0.3) is 11.6 Å². The number of hydrogen-bond acceptors (Lipinski definition) is 4. The Morgan fingerprint density at radius 2 is 1.74 bits per heavy atom. The molecule has 0 atom stereocenters. The van der Waals surface area contributed by atoms with E-state index in [1.165, 1.54) is 24.3 Å². The van der Waals surface area contributed by atoms with Gasteiger partial charge in [-0.25, -0.2) is 4.39 Å². The van der Waals surface area contributed by atoms with E-state index in [2.05, 4.69) is 0 Å². The van der Waals surface area contributed by atoms with Gasteiger partial charge < -0.3 is 14.4 Å².